The molecular formula is C21H37N3O. The lowest BCUT2D eigenvalue weighted by molar-refractivity contribution is 0.153. The zero-order chi connectivity index (χ0) is 17.9. The van der Waals surface area contributed by atoms with Crippen molar-refractivity contribution in [1.82, 2.24) is 14.7 Å². The zero-order valence-electron chi connectivity index (χ0n) is 16.5. The number of hydrogen-bond acceptors (Lipinski definition) is 4. The molecule has 142 valence electrons. The van der Waals surface area contributed by atoms with Gasteiger partial charge in [-0.2, -0.15) is 0 Å². The Balaban J connectivity index is 1.59. The van der Waals surface area contributed by atoms with E-state index >= 15 is 0 Å². The van der Waals surface area contributed by atoms with Crippen LogP contribution in [-0.2, 0) is 6.42 Å². The maximum Gasteiger partial charge on any atom is 0.119 e. The summed E-state index contributed by atoms with van der Waals surface area (Å²) in [7, 11) is 2.21. The van der Waals surface area contributed by atoms with E-state index < -0.39 is 0 Å². The molecule has 25 heavy (non-hydrogen) atoms. The SMILES string of the molecule is CCN(CC)CCCOc1ccc(CCCN2CCN(C)CC2)cc1. The van der Waals surface area contributed by atoms with Gasteiger partial charge in [0.05, 0.1) is 6.61 Å². The second kappa shape index (κ2) is 11.5. The molecule has 0 aliphatic carbocycles. The third kappa shape index (κ3) is 7.76. The van der Waals surface area contributed by atoms with E-state index in [1.54, 1.807) is 0 Å². The largest absolute Gasteiger partial charge is 0.494 e. The molecule has 2 rings (SSSR count). The van der Waals surface area contributed by atoms with Gasteiger partial charge >= 0.3 is 0 Å². The standard InChI is InChI=1S/C21H37N3O/c1-4-23(5-2)14-7-19-25-21-11-9-20(10-12-21)8-6-13-24-17-15-22(3)16-18-24/h9-12H,4-8,13-19H2,1-3H3. The van der Waals surface area contributed by atoms with Gasteiger partial charge in [-0.05, 0) is 63.6 Å². The number of likely N-dealkylation sites (N-methyl/N-ethyl adjacent to an activating group) is 1. The van der Waals surface area contributed by atoms with Crippen LogP contribution >= 0.6 is 0 Å². The predicted molar refractivity (Wildman–Crippen MR) is 107 cm³/mol. The third-order valence-electron chi connectivity index (χ3n) is 5.24. The van der Waals surface area contributed by atoms with Crippen molar-refractivity contribution in [2.45, 2.75) is 33.1 Å². The number of nitrogens with zero attached hydrogens (tertiary/aromatic N) is 3. The summed E-state index contributed by atoms with van der Waals surface area (Å²) in [6, 6.07) is 8.71. The van der Waals surface area contributed by atoms with Crippen LogP contribution in [0.5, 0.6) is 5.75 Å². The molecule has 0 spiro atoms. The normalized spacial score (nSPS) is 16.5. The Labute approximate surface area is 154 Å². The average Bonchev–Trinajstić information content (AvgIpc) is 2.65. The number of rotatable bonds is 11. The highest BCUT2D eigenvalue weighted by Gasteiger charge is 2.12. The molecule has 0 saturated carbocycles. The molecule has 1 aromatic rings. The lowest BCUT2D eigenvalue weighted by Crippen LogP contribution is -2.44. The number of ether oxygens (including phenoxy) is 1. The smallest absolute Gasteiger partial charge is 0.119 e. The Bertz CT molecular complexity index is 451. The summed E-state index contributed by atoms with van der Waals surface area (Å²) in [6.07, 6.45) is 3.50. The monoisotopic (exact) mass is 347 g/mol. The molecule has 0 radical (unpaired) electrons. The molecule has 0 unspecified atom stereocenters. The molecule has 0 bridgehead atoms. The van der Waals surface area contributed by atoms with Crippen LogP contribution in [0, 0.1) is 0 Å². The van der Waals surface area contributed by atoms with Crippen molar-refractivity contribution < 1.29 is 4.74 Å². The van der Waals surface area contributed by atoms with Crippen LogP contribution in [-0.4, -0.2) is 80.7 Å². The van der Waals surface area contributed by atoms with Crippen LogP contribution in [0.3, 0.4) is 0 Å². The molecule has 0 amide bonds. The van der Waals surface area contributed by atoms with Gasteiger partial charge in [-0.25, -0.2) is 0 Å². The topological polar surface area (TPSA) is 19.0 Å². The second-order valence-corrected chi connectivity index (χ2v) is 7.12. The van der Waals surface area contributed by atoms with Crippen molar-refractivity contribution in [3.8, 4) is 5.75 Å². The first kappa shape index (κ1) is 20.2. The Kier molecular flexibility index (Phi) is 9.30. The molecule has 1 fully saturated rings. The van der Waals surface area contributed by atoms with Crippen LogP contribution in [0.2, 0.25) is 0 Å². The maximum atomic E-state index is 5.87. The minimum absolute atomic E-state index is 0.805. The summed E-state index contributed by atoms with van der Waals surface area (Å²) < 4.78 is 5.87. The fourth-order valence-electron chi connectivity index (χ4n) is 3.35. The summed E-state index contributed by atoms with van der Waals surface area (Å²) in [6.45, 7) is 14.7. The van der Waals surface area contributed by atoms with Gasteiger partial charge in [0.15, 0.2) is 0 Å². The predicted octanol–water partition coefficient (Wildman–Crippen LogP) is 2.98. The van der Waals surface area contributed by atoms with Gasteiger partial charge in [-0.1, -0.05) is 26.0 Å². The van der Waals surface area contributed by atoms with E-state index in [1.165, 1.54) is 44.7 Å². The van der Waals surface area contributed by atoms with Crippen molar-refractivity contribution in [2.24, 2.45) is 0 Å². The van der Waals surface area contributed by atoms with Crippen LogP contribution in [0.25, 0.3) is 0 Å². The fraction of sp³-hybridized carbons (Fsp3) is 0.714. The summed E-state index contributed by atoms with van der Waals surface area (Å²) >= 11 is 0. The Morgan fingerprint density at radius 2 is 1.64 bits per heavy atom. The van der Waals surface area contributed by atoms with Crippen LogP contribution in [0.4, 0.5) is 0 Å². The van der Waals surface area contributed by atoms with Crippen molar-refractivity contribution in [3.05, 3.63) is 29.8 Å². The Hall–Kier alpha value is -1.10. The molecule has 0 atom stereocenters. The van der Waals surface area contributed by atoms with E-state index in [2.05, 4.69) is 59.9 Å². The maximum absolute atomic E-state index is 5.87. The number of benzene rings is 1. The quantitative estimate of drug-likeness (QED) is 0.573. The molecule has 1 aromatic carbocycles. The van der Waals surface area contributed by atoms with Gasteiger partial charge in [0.25, 0.3) is 0 Å². The van der Waals surface area contributed by atoms with Crippen molar-refractivity contribution in [1.29, 1.82) is 0 Å². The van der Waals surface area contributed by atoms with E-state index in [9.17, 15) is 0 Å². The number of piperazine rings is 1. The fourth-order valence-corrected chi connectivity index (χ4v) is 3.35. The summed E-state index contributed by atoms with van der Waals surface area (Å²) in [5.74, 6) is 1.00. The highest BCUT2D eigenvalue weighted by Crippen LogP contribution is 2.14. The average molecular weight is 348 g/mol. The number of hydrogen-bond donors (Lipinski definition) is 0. The van der Waals surface area contributed by atoms with Crippen LogP contribution in [0.15, 0.2) is 24.3 Å². The van der Waals surface area contributed by atoms with E-state index in [4.69, 9.17) is 4.74 Å². The van der Waals surface area contributed by atoms with Crippen molar-refractivity contribution in [3.63, 3.8) is 0 Å². The van der Waals surface area contributed by atoms with E-state index in [-0.39, 0.29) is 0 Å². The molecule has 1 aliphatic rings. The van der Waals surface area contributed by atoms with Gasteiger partial charge in [0.1, 0.15) is 5.75 Å². The first-order chi connectivity index (χ1) is 12.2. The Morgan fingerprint density at radius 1 is 0.960 bits per heavy atom. The highest BCUT2D eigenvalue weighted by molar-refractivity contribution is 5.27. The van der Waals surface area contributed by atoms with Gasteiger partial charge < -0.3 is 19.4 Å². The molecule has 4 nitrogen and oxygen atoms in total. The zero-order valence-corrected chi connectivity index (χ0v) is 16.5. The molecule has 1 heterocycles. The Morgan fingerprint density at radius 3 is 2.28 bits per heavy atom. The highest BCUT2D eigenvalue weighted by atomic mass is 16.5. The van der Waals surface area contributed by atoms with E-state index in [1.807, 2.05) is 0 Å². The molecule has 0 aromatic heterocycles. The van der Waals surface area contributed by atoms with E-state index in [0.29, 0.717) is 0 Å². The van der Waals surface area contributed by atoms with Crippen molar-refractivity contribution >= 4 is 0 Å². The first-order valence-corrected chi connectivity index (χ1v) is 10.1. The summed E-state index contributed by atoms with van der Waals surface area (Å²) in [5, 5.41) is 0. The molecular weight excluding hydrogens is 310 g/mol. The van der Waals surface area contributed by atoms with Gasteiger partial charge in [-0.3, -0.25) is 0 Å². The molecule has 1 aliphatic heterocycles. The molecule has 0 N–H and O–H groups in total. The van der Waals surface area contributed by atoms with Gasteiger partial charge in [0.2, 0.25) is 0 Å². The summed E-state index contributed by atoms with van der Waals surface area (Å²) in [5.41, 5.74) is 1.42. The minimum Gasteiger partial charge on any atom is -0.494 e. The lowest BCUT2D eigenvalue weighted by Gasteiger charge is -2.32. The van der Waals surface area contributed by atoms with Crippen LogP contribution in [0.1, 0.15) is 32.3 Å². The second-order valence-electron chi connectivity index (χ2n) is 7.12. The summed E-state index contributed by atoms with van der Waals surface area (Å²) in [4.78, 5) is 7.44. The molecule has 4 heteroatoms. The molecule has 1 saturated heterocycles. The van der Waals surface area contributed by atoms with Crippen molar-refractivity contribution in [2.75, 3.05) is 66.0 Å². The number of aryl methyl sites for hydroxylation is 1. The van der Waals surface area contributed by atoms with E-state index in [0.717, 1.165) is 44.8 Å². The van der Waals surface area contributed by atoms with Crippen LogP contribution < -0.4 is 4.74 Å². The lowest BCUT2D eigenvalue weighted by atomic mass is 10.1. The first-order valence-electron chi connectivity index (χ1n) is 10.1. The van der Waals surface area contributed by atoms with Gasteiger partial charge in [-0.15, -0.1) is 0 Å². The minimum atomic E-state index is 0.805. The van der Waals surface area contributed by atoms with Gasteiger partial charge in [0, 0.05) is 32.7 Å². The third-order valence-corrected chi connectivity index (χ3v) is 5.24.